The van der Waals surface area contributed by atoms with Crippen molar-refractivity contribution in [3.8, 4) is 0 Å². The van der Waals surface area contributed by atoms with Gasteiger partial charge in [-0.2, -0.15) is 0 Å². The topological polar surface area (TPSA) is 9.23 Å². The first kappa shape index (κ1) is 39.7. The van der Waals surface area contributed by atoms with Crippen molar-refractivity contribution < 1.29 is 3.63 Å². The zero-order chi connectivity index (χ0) is 28.5. The lowest BCUT2D eigenvalue weighted by Gasteiger charge is -2.19. The number of unbranched alkanes of at least 4 members (excludes halogenated alkanes) is 22. The van der Waals surface area contributed by atoms with Crippen molar-refractivity contribution in [3.05, 3.63) is 0 Å². The Morgan fingerprint density at radius 3 is 0.744 bits per heavy atom. The maximum Gasteiger partial charge on any atom is 0.0324 e. The molecule has 0 saturated carbocycles. The standard InChI is InChI=1S/C36H74OS2/c1-5-9-13-17-21-25-29-33-35(31-27-23-19-15-11-7-3)38-37-39-36(32-28-24-20-16-12-8-4)34-30-26-22-18-14-10-6-2/h35-36H,5-34H2,1-4H3. The van der Waals surface area contributed by atoms with Gasteiger partial charge in [-0.15, -0.1) is 0 Å². The van der Waals surface area contributed by atoms with Gasteiger partial charge in [0.2, 0.25) is 0 Å². The van der Waals surface area contributed by atoms with E-state index in [0.717, 1.165) is 0 Å². The molecular formula is C36H74OS2. The Morgan fingerprint density at radius 2 is 0.513 bits per heavy atom. The van der Waals surface area contributed by atoms with Gasteiger partial charge in [-0.3, -0.25) is 0 Å². The van der Waals surface area contributed by atoms with Crippen LogP contribution in [0.15, 0.2) is 0 Å². The van der Waals surface area contributed by atoms with Crippen LogP contribution in [0.25, 0.3) is 0 Å². The molecule has 0 radical (unpaired) electrons. The second-order valence-corrected chi connectivity index (χ2v) is 14.7. The monoisotopic (exact) mass is 587 g/mol. The first-order valence-corrected chi connectivity index (χ1v) is 19.9. The van der Waals surface area contributed by atoms with Crippen LogP contribution in [-0.4, -0.2) is 10.5 Å². The van der Waals surface area contributed by atoms with Gasteiger partial charge in [0.25, 0.3) is 0 Å². The summed E-state index contributed by atoms with van der Waals surface area (Å²) in [5, 5.41) is 1.40. The minimum atomic E-state index is 0.701. The van der Waals surface area contributed by atoms with Gasteiger partial charge >= 0.3 is 0 Å². The molecule has 0 heterocycles. The molecule has 0 bridgehead atoms. The van der Waals surface area contributed by atoms with E-state index in [1.54, 1.807) is 0 Å². The molecule has 0 aliphatic carbocycles. The number of hydrogen-bond acceptors (Lipinski definition) is 3. The van der Waals surface area contributed by atoms with Gasteiger partial charge in [0, 0.05) is 34.6 Å². The quantitative estimate of drug-likeness (QED) is 0.0548. The van der Waals surface area contributed by atoms with E-state index in [9.17, 15) is 0 Å². The largest absolute Gasteiger partial charge is 0.247 e. The van der Waals surface area contributed by atoms with E-state index < -0.39 is 0 Å². The zero-order valence-corrected chi connectivity index (χ0v) is 29.2. The molecule has 0 aromatic rings. The lowest BCUT2D eigenvalue weighted by Crippen LogP contribution is -2.06. The highest BCUT2D eigenvalue weighted by molar-refractivity contribution is 8.08. The average Bonchev–Trinajstić information content (AvgIpc) is 2.94. The fraction of sp³-hybridized carbons (Fsp3) is 1.00. The first-order chi connectivity index (χ1) is 19.3. The molecule has 236 valence electrons. The molecular weight excluding hydrogens is 513 g/mol. The van der Waals surface area contributed by atoms with E-state index in [-0.39, 0.29) is 0 Å². The van der Waals surface area contributed by atoms with Crippen molar-refractivity contribution >= 4 is 24.1 Å². The smallest absolute Gasteiger partial charge is 0.0324 e. The average molecular weight is 587 g/mol. The fourth-order valence-corrected chi connectivity index (χ4v) is 7.70. The van der Waals surface area contributed by atoms with Gasteiger partial charge in [0.1, 0.15) is 0 Å². The molecule has 0 fully saturated rings. The first-order valence-electron chi connectivity index (χ1n) is 18.3. The highest BCUT2D eigenvalue weighted by atomic mass is 32.2. The summed E-state index contributed by atoms with van der Waals surface area (Å²) in [5.41, 5.74) is 0. The van der Waals surface area contributed by atoms with Crippen molar-refractivity contribution in [1.29, 1.82) is 0 Å². The van der Waals surface area contributed by atoms with Gasteiger partial charge in [-0.1, -0.05) is 195 Å². The molecule has 0 aromatic heterocycles. The Kier molecular flexibility index (Phi) is 35.4. The predicted octanol–water partition coefficient (Wildman–Crippen LogP) is 14.8. The molecule has 0 rings (SSSR count). The van der Waals surface area contributed by atoms with Crippen molar-refractivity contribution in [1.82, 2.24) is 0 Å². The van der Waals surface area contributed by atoms with E-state index in [1.165, 1.54) is 193 Å². The molecule has 2 unspecified atom stereocenters. The van der Waals surface area contributed by atoms with Crippen LogP contribution in [0.1, 0.15) is 220 Å². The van der Waals surface area contributed by atoms with Crippen molar-refractivity contribution in [3.63, 3.8) is 0 Å². The van der Waals surface area contributed by atoms with Crippen LogP contribution in [0.5, 0.6) is 0 Å². The third kappa shape index (κ3) is 31.4. The van der Waals surface area contributed by atoms with Gasteiger partial charge < -0.3 is 0 Å². The molecule has 0 spiro atoms. The van der Waals surface area contributed by atoms with Crippen LogP contribution in [-0.2, 0) is 3.63 Å². The van der Waals surface area contributed by atoms with Crippen LogP contribution < -0.4 is 0 Å². The Hall–Kier alpha value is 0.660. The summed E-state index contributed by atoms with van der Waals surface area (Å²) in [6.07, 6.45) is 42.1. The van der Waals surface area contributed by atoms with Crippen LogP contribution in [0.2, 0.25) is 0 Å². The molecule has 0 aliphatic rings. The SMILES string of the molecule is CCCCCCCCCC(CCCCCCCC)SOSC(CCCCCCCC)CCCCCCCCC. The Labute approximate surface area is 257 Å². The van der Waals surface area contributed by atoms with Crippen molar-refractivity contribution in [2.24, 2.45) is 0 Å². The minimum Gasteiger partial charge on any atom is -0.247 e. The van der Waals surface area contributed by atoms with Gasteiger partial charge in [-0.05, 0) is 25.7 Å². The maximum absolute atomic E-state index is 6.40. The molecule has 0 N–H and O–H groups in total. The summed E-state index contributed by atoms with van der Waals surface area (Å²) in [7, 11) is 0. The lowest BCUT2D eigenvalue weighted by molar-refractivity contribution is 0.525. The second-order valence-electron chi connectivity index (χ2n) is 12.4. The molecule has 0 aliphatic heterocycles. The van der Waals surface area contributed by atoms with Crippen LogP contribution in [0.3, 0.4) is 0 Å². The molecule has 2 atom stereocenters. The molecule has 3 heteroatoms. The van der Waals surface area contributed by atoms with E-state index in [0.29, 0.717) is 10.5 Å². The lowest BCUT2D eigenvalue weighted by atomic mass is 10.0. The molecule has 1 nitrogen and oxygen atoms in total. The van der Waals surface area contributed by atoms with Gasteiger partial charge in [0.05, 0.1) is 0 Å². The predicted molar refractivity (Wildman–Crippen MR) is 185 cm³/mol. The molecule has 0 aromatic carbocycles. The Balaban J connectivity index is 4.46. The molecule has 0 saturated heterocycles. The summed E-state index contributed by atoms with van der Waals surface area (Å²) < 4.78 is 6.40. The molecule has 39 heavy (non-hydrogen) atoms. The normalized spacial score (nSPS) is 13.2. The van der Waals surface area contributed by atoms with Crippen LogP contribution >= 0.6 is 24.1 Å². The van der Waals surface area contributed by atoms with Crippen molar-refractivity contribution in [2.75, 3.05) is 0 Å². The number of hydrogen-bond donors (Lipinski definition) is 0. The maximum atomic E-state index is 6.40. The summed E-state index contributed by atoms with van der Waals surface area (Å²) in [4.78, 5) is 0. The van der Waals surface area contributed by atoms with Gasteiger partial charge in [-0.25, -0.2) is 3.63 Å². The van der Waals surface area contributed by atoms with Crippen LogP contribution in [0, 0.1) is 0 Å². The highest BCUT2D eigenvalue weighted by Crippen LogP contribution is 2.33. The summed E-state index contributed by atoms with van der Waals surface area (Å²) in [6.45, 7) is 9.26. The fourth-order valence-electron chi connectivity index (χ4n) is 5.58. The van der Waals surface area contributed by atoms with Crippen molar-refractivity contribution in [2.45, 2.75) is 231 Å². The van der Waals surface area contributed by atoms with Crippen LogP contribution in [0.4, 0.5) is 0 Å². The minimum absolute atomic E-state index is 0.701. The van der Waals surface area contributed by atoms with Gasteiger partial charge in [0.15, 0.2) is 0 Å². The Bertz CT molecular complexity index is 392. The third-order valence-corrected chi connectivity index (χ3v) is 10.5. The summed E-state index contributed by atoms with van der Waals surface area (Å²) in [6, 6.07) is 0. The van der Waals surface area contributed by atoms with E-state index in [2.05, 4.69) is 27.7 Å². The zero-order valence-electron chi connectivity index (χ0n) is 27.6. The summed E-state index contributed by atoms with van der Waals surface area (Å²) >= 11 is 3.71. The number of rotatable bonds is 34. The second kappa shape index (κ2) is 34.9. The highest BCUT2D eigenvalue weighted by Gasteiger charge is 2.15. The Morgan fingerprint density at radius 1 is 0.308 bits per heavy atom. The third-order valence-electron chi connectivity index (χ3n) is 8.37. The molecule has 0 amide bonds. The van der Waals surface area contributed by atoms with E-state index in [4.69, 9.17) is 3.63 Å². The van der Waals surface area contributed by atoms with E-state index in [1.807, 2.05) is 24.1 Å². The summed E-state index contributed by atoms with van der Waals surface area (Å²) in [5.74, 6) is 0. The van der Waals surface area contributed by atoms with E-state index >= 15 is 0 Å².